The van der Waals surface area contributed by atoms with Crippen molar-refractivity contribution in [3.8, 4) is 0 Å². The van der Waals surface area contributed by atoms with E-state index in [1.165, 1.54) is 0 Å². The van der Waals surface area contributed by atoms with Gasteiger partial charge in [-0.1, -0.05) is 27.7 Å². The number of aliphatic imine (C=N–C) groups is 1. The fourth-order valence-electron chi connectivity index (χ4n) is 3.34. The van der Waals surface area contributed by atoms with Crippen molar-refractivity contribution in [2.75, 3.05) is 13.1 Å². The van der Waals surface area contributed by atoms with Crippen molar-refractivity contribution in [1.29, 1.82) is 0 Å². The van der Waals surface area contributed by atoms with E-state index in [9.17, 15) is 24.3 Å². The first-order chi connectivity index (χ1) is 16.8. The summed E-state index contributed by atoms with van der Waals surface area (Å²) >= 11 is 0. The Labute approximate surface area is 213 Å². The smallest absolute Gasteiger partial charge is 0.326 e. The van der Waals surface area contributed by atoms with Crippen molar-refractivity contribution < 1.29 is 24.3 Å². The summed E-state index contributed by atoms with van der Waals surface area (Å²) in [6.07, 6.45) is 2.16. The second-order valence-corrected chi connectivity index (χ2v) is 9.65. The van der Waals surface area contributed by atoms with Gasteiger partial charge in [-0.25, -0.2) is 4.79 Å². The summed E-state index contributed by atoms with van der Waals surface area (Å²) in [6, 6.07) is -3.91. The van der Waals surface area contributed by atoms with E-state index in [0.29, 0.717) is 32.2 Å². The molecule has 0 aliphatic heterocycles. The molecule has 0 aliphatic rings. The highest BCUT2D eigenvalue weighted by molar-refractivity contribution is 5.94. The number of nitrogens with two attached hydrogens (primary N) is 4. The number of nitrogens with one attached hydrogen (secondary N) is 3. The van der Waals surface area contributed by atoms with E-state index in [4.69, 9.17) is 22.9 Å². The summed E-state index contributed by atoms with van der Waals surface area (Å²) < 4.78 is 0. The molecule has 13 heteroatoms. The lowest BCUT2D eigenvalue weighted by molar-refractivity contribution is -0.142. The Kier molecular flexibility index (Phi) is 16.1. The SMILES string of the molecule is CC(C)CC(NC(=O)C(N)C(C)C)C(=O)NC(CCCN=C(N)N)C(=O)NC(CCCCN)C(=O)O. The van der Waals surface area contributed by atoms with E-state index < -0.39 is 47.9 Å². The summed E-state index contributed by atoms with van der Waals surface area (Å²) in [6.45, 7) is 8.01. The number of rotatable bonds is 18. The highest BCUT2D eigenvalue weighted by atomic mass is 16.4. The van der Waals surface area contributed by atoms with Crippen LogP contribution < -0.4 is 38.9 Å². The zero-order valence-electron chi connectivity index (χ0n) is 22.0. The number of guanidine groups is 1. The van der Waals surface area contributed by atoms with Crippen molar-refractivity contribution in [2.45, 2.75) is 90.4 Å². The van der Waals surface area contributed by atoms with E-state index in [2.05, 4.69) is 20.9 Å². The van der Waals surface area contributed by atoms with Crippen molar-refractivity contribution in [3.63, 3.8) is 0 Å². The first kappa shape index (κ1) is 33.1. The molecule has 13 nitrogen and oxygen atoms in total. The fourth-order valence-corrected chi connectivity index (χ4v) is 3.34. The number of carbonyl (C=O) groups excluding carboxylic acids is 3. The molecule has 0 radical (unpaired) electrons. The second-order valence-electron chi connectivity index (χ2n) is 9.65. The maximum absolute atomic E-state index is 13.1. The van der Waals surface area contributed by atoms with Gasteiger partial charge in [0.05, 0.1) is 6.04 Å². The topological polar surface area (TPSA) is 241 Å². The first-order valence-corrected chi connectivity index (χ1v) is 12.4. The molecule has 36 heavy (non-hydrogen) atoms. The number of carboxylic acids is 1. The third-order valence-corrected chi connectivity index (χ3v) is 5.50. The summed E-state index contributed by atoms with van der Waals surface area (Å²) in [5.41, 5.74) is 22.1. The normalized spacial score (nSPS) is 14.4. The van der Waals surface area contributed by atoms with Crippen LogP contribution in [-0.2, 0) is 19.2 Å². The predicted molar refractivity (Wildman–Crippen MR) is 139 cm³/mol. The van der Waals surface area contributed by atoms with Gasteiger partial charge in [-0.05, 0) is 56.9 Å². The number of aliphatic carboxylic acids is 1. The van der Waals surface area contributed by atoms with Crippen LogP contribution in [0, 0.1) is 11.8 Å². The molecule has 0 heterocycles. The molecule has 3 amide bonds. The molecule has 4 unspecified atom stereocenters. The van der Waals surface area contributed by atoms with Crippen LogP contribution in [0.5, 0.6) is 0 Å². The monoisotopic (exact) mass is 514 g/mol. The third kappa shape index (κ3) is 13.8. The van der Waals surface area contributed by atoms with Gasteiger partial charge in [0, 0.05) is 6.54 Å². The average molecular weight is 515 g/mol. The van der Waals surface area contributed by atoms with Gasteiger partial charge in [0.15, 0.2) is 5.96 Å². The zero-order chi connectivity index (χ0) is 27.8. The third-order valence-electron chi connectivity index (χ3n) is 5.50. The number of amides is 3. The molecular weight excluding hydrogens is 468 g/mol. The minimum Gasteiger partial charge on any atom is -0.480 e. The molecule has 0 aliphatic carbocycles. The molecule has 4 atom stereocenters. The molecule has 0 aromatic heterocycles. The van der Waals surface area contributed by atoms with Crippen molar-refractivity contribution in [3.05, 3.63) is 0 Å². The van der Waals surface area contributed by atoms with Gasteiger partial charge in [0.25, 0.3) is 0 Å². The summed E-state index contributed by atoms with van der Waals surface area (Å²) in [7, 11) is 0. The predicted octanol–water partition coefficient (Wildman–Crippen LogP) is -1.26. The lowest BCUT2D eigenvalue weighted by Crippen LogP contribution is -2.57. The van der Waals surface area contributed by atoms with Crippen molar-refractivity contribution >= 4 is 29.7 Å². The molecule has 12 N–H and O–H groups in total. The van der Waals surface area contributed by atoms with Crippen molar-refractivity contribution in [1.82, 2.24) is 16.0 Å². The van der Waals surface area contributed by atoms with Gasteiger partial charge >= 0.3 is 5.97 Å². The molecule has 0 saturated heterocycles. The van der Waals surface area contributed by atoms with Crippen molar-refractivity contribution in [2.24, 2.45) is 39.8 Å². The first-order valence-electron chi connectivity index (χ1n) is 12.4. The number of carbonyl (C=O) groups is 4. The van der Waals surface area contributed by atoms with Gasteiger partial charge in [-0.2, -0.15) is 0 Å². The van der Waals surface area contributed by atoms with Gasteiger partial charge in [-0.15, -0.1) is 0 Å². The fraction of sp³-hybridized carbons (Fsp3) is 0.783. The van der Waals surface area contributed by atoms with Crippen LogP contribution in [0.3, 0.4) is 0 Å². The van der Waals surface area contributed by atoms with Crippen LogP contribution in [0.1, 0.15) is 66.2 Å². The van der Waals surface area contributed by atoms with Gasteiger partial charge < -0.3 is 44.0 Å². The average Bonchev–Trinajstić information content (AvgIpc) is 2.78. The highest BCUT2D eigenvalue weighted by Gasteiger charge is 2.30. The Morgan fingerprint density at radius 3 is 1.83 bits per heavy atom. The maximum Gasteiger partial charge on any atom is 0.326 e. The lowest BCUT2D eigenvalue weighted by Gasteiger charge is -2.26. The molecule has 0 aromatic rings. The minimum absolute atomic E-state index is 0.0596. The molecule has 0 saturated carbocycles. The Morgan fingerprint density at radius 2 is 1.33 bits per heavy atom. The van der Waals surface area contributed by atoms with Crippen LogP contribution >= 0.6 is 0 Å². The number of nitrogens with zero attached hydrogens (tertiary/aromatic N) is 1. The molecular formula is C23H46N8O5. The molecule has 0 rings (SSSR count). The summed E-state index contributed by atoms with van der Waals surface area (Å²) in [5, 5.41) is 17.3. The van der Waals surface area contributed by atoms with Crippen LogP contribution in [-0.4, -0.2) is 72.0 Å². The highest BCUT2D eigenvalue weighted by Crippen LogP contribution is 2.09. The van der Waals surface area contributed by atoms with E-state index in [1.807, 2.05) is 13.8 Å². The Balaban J connectivity index is 5.61. The Bertz CT molecular complexity index is 740. The van der Waals surface area contributed by atoms with E-state index in [-0.39, 0.29) is 37.2 Å². The second kappa shape index (κ2) is 17.5. The largest absolute Gasteiger partial charge is 0.480 e. The van der Waals surface area contributed by atoms with E-state index in [1.54, 1.807) is 13.8 Å². The van der Waals surface area contributed by atoms with Gasteiger partial charge in [-0.3, -0.25) is 19.4 Å². The van der Waals surface area contributed by atoms with Gasteiger partial charge in [0.1, 0.15) is 18.1 Å². The van der Waals surface area contributed by atoms with E-state index >= 15 is 0 Å². The summed E-state index contributed by atoms with van der Waals surface area (Å²) in [5.74, 6) is -3.04. The Morgan fingerprint density at radius 1 is 0.806 bits per heavy atom. The van der Waals surface area contributed by atoms with E-state index in [0.717, 1.165) is 0 Å². The zero-order valence-corrected chi connectivity index (χ0v) is 22.0. The minimum atomic E-state index is -1.18. The molecule has 0 spiro atoms. The number of carboxylic acid groups (broad SMARTS) is 1. The maximum atomic E-state index is 13.1. The van der Waals surface area contributed by atoms with Crippen LogP contribution in [0.4, 0.5) is 0 Å². The molecule has 0 bridgehead atoms. The van der Waals surface area contributed by atoms with Crippen LogP contribution in [0.25, 0.3) is 0 Å². The summed E-state index contributed by atoms with van der Waals surface area (Å²) in [4.78, 5) is 54.2. The number of hydrogen-bond donors (Lipinski definition) is 8. The molecule has 0 aromatic carbocycles. The quantitative estimate of drug-likeness (QED) is 0.0617. The van der Waals surface area contributed by atoms with Crippen LogP contribution in [0.2, 0.25) is 0 Å². The van der Waals surface area contributed by atoms with Crippen LogP contribution in [0.15, 0.2) is 4.99 Å². The van der Waals surface area contributed by atoms with Gasteiger partial charge in [0.2, 0.25) is 17.7 Å². The molecule has 208 valence electrons. The Hall–Kier alpha value is -2.93. The molecule has 0 fully saturated rings. The standard InChI is InChI=1S/C23H46N8O5/c1-13(2)12-17(31-21(34)18(25)14(3)4)20(33)29-15(9-7-11-28-23(26)27)19(32)30-16(22(35)36)8-5-6-10-24/h13-18H,5-12,24-25H2,1-4H3,(H,29,33)(H,30,32)(H,31,34)(H,35,36)(H4,26,27,28). The lowest BCUT2D eigenvalue weighted by atomic mass is 10.00. The number of unbranched alkanes of at least 4 members (excludes halogenated alkanes) is 1. The number of hydrogen-bond acceptors (Lipinski definition) is 7.